The van der Waals surface area contributed by atoms with Gasteiger partial charge in [-0.2, -0.15) is 0 Å². The van der Waals surface area contributed by atoms with Crippen LogP contribution in [0.1, 0.15) is 36.3 Å². The van der Waals surface area contributed by atoms with E-state index in [1.54, 1.807) is 13.8 Å². The van der Waals surface area contributed by atoms with Crippen LogP contribution in [0.15, 0.2) is 54.6 Å². The Labute approximate surface area is 202 Å². The van der Waals surface area contributed by atoms with E-state index in [0.717, 1.165) is 15.8 Å². The van der Waals surface area contributed by atoms with Crippen LogP contribution in [-0.4, -0.2) is 53.0 Å². The van der Waals surface area contributed by atoms with Gasteiger partial charge in [-0.3, -0.25) is 14.5 Å². The summed E-state index contributed by atoms with van der Waals surface area (Å²) < 4.78 is 10.5. The third-order valence-corrected chi connectivity index (χ3v) is 5.77. The predicted octanol–water partition coefficient (Wildman–Crippen LogP) is 3.45. The minimum atomic E-state index is -1.01. The van der Waals surface area contributed by atoms with Gasteiger partial charge in [-0.25, -0.2) is 14.6 Å². The van der Waals surface area contributed by atoms with Crippen molar-refractivity contribution in [2.75, 3.05) is 13.7 Å². The van der Waals surface area contributed by atoms with Crippen LogP contribution in [0.4, 0.5) is 4.79 Å². The molecule has 3 aromatic rings. The largest absolute Gasteiger partial charge is 0.465 e. The zero-order chi connectivity index (χ0) is 25.2. The molecule has 0 bridgehead atoms. The van der Waals surface area contributed by atoms with Crippen LogP contribution < -0.4 is 5.32 Å². The Hall–Kier alpha value is -4.27. The van der Waals surface area contributed by atoms with Gasteiger partial charge in [-0.1, -0.05) is 48.5 Å². The molecule has 4 rings (SSSR count). The number of carbonyl (C=O) groups is 4. The van der Waals surface area contributed by atoms with E-state index in [4.69, 9.17) is 9.47 Å². The number of para-hydroxylation sites is 1. The molecule has 0 spiro atoms. The highest BCUT2D eigenvalue weighted by Gasteiger charge is 2.44. The molecule has 9 nitrogen and oxygen atoms in total. The molecule has 1 N–H and O–H groups in total. The van der Waals surface area contributed by atoms with E-state index in [1.807, 2.05) is 54.6 Å². The van der Waals surface area contributed by atoms with Crippen molar-refractivity contribution in [3.8, 4) is 11.1 Å². The summed E-state index contributed by atoms with van der Waals surface area (Å²) >= 11 is 0. The van der Waals surface area contributed by atoms with Gasteiger partial charge in [0.2, 0.25) is 0 Å². The number of nitrogens with one attached hydrogen (secondary N) is 1. The van der Waals surface area contributed by atoms with Crippen LogP contribution in [0.2, 0.25) is 0 Å². The number of amides is 3. The Bertz CT molecular complexity index is 1320. The molecule has 0 unspecified atom stereocenters. The molecule has 2 aromatic carbocycles. The van der Waals surface area contributed by atoms with Crippen LogP contribution >= 0.6 is 0 Å². The number of hydrogen-bond acceptors (Lipinski definition) is 7. The lowest BCUT2D eigenvalue weighted by atomic mass is 9.94. The lowest BCUT2D eigenvalue weighted by Crippen LogP contribution is -2.40. The van der Waals surface area contributed by atoms with E-state index in [0.29, 0.717) is 11.1 Å². The van der Waals surface area contributed by atoms with Crippen LogP contribution in [0, 0.1) is 0 Å². The topological polar surface area (TPSA) is 115 Å². The summed E-state index contributed by atoms with van der Waals surface area (Å²) in [5.74, 6) is -1.65. The lowest BCUT2D eigenvalue weighted by molar-refractivity contribution is -0.145. The van der Waals surface area contributed by atoms with Gasteiger partial charge in [0.25, 0.3) is 5.91 Å². The number of pyridine rings is 1. The molecule has 1 aromatic heterocycles. The van der Waals surface area contributed by atoms with Crippen molar-refractivity contribution >= 4 is 34.8 Å². The molecule has 1 aliphatic rings. The van der Waals surface area contributed by atoms with Crippen molar-refractivity contribution < 1.29 is 28.7 Å². The quantitative estimate of drug-likeness (QED) is 0.411. The smallest absolute Gasteiger partial charge is 0.340 e. The fourth-order valence-electron chi connectivity index (χ4n) is 4.04. The van der Waals surface area contributed by atoms with E-state index >= 15 is 0 Å². The number of ether oxygens (including phenoxy) is 2. The molecule has 1 saturated heterocycles. The standard InChI is InChI=1S/C26H25N3O6/c1-26(2)24(32)29(25(33)28-26)14-13-20(30)35-15-19-22(23(31)34-3)21(16-9-5-4-6-10-16)17-11-7-8-12-18(17)27-19/h4-12H,13-15H2,1-3H3,(H,28,33). The first-order valence-corrected chi connectivity index (χ1v) is 11.1. The van der Waals surface area contributed by atoms with Crippen LogP contribution in [0.25, 0.3) is 22.0 Å². The Kier molecular flexibility index (Phi) is 6.50. The van der Waals surface area contributed by atoms with Gasteiger partial charge >= 0.3 is 18.0 Å². The van der Waals surface area contributed by atoms with Gasteiger partial charge in [0.15, 0.2) is 0 Å². The molecule has 1 aliphatic heterocycles. The van der Waals surface area contributed by atoms with Gasteiger partial charge in [-0.15, -0.1) is 0 Å². The van der Waals surface area contributed by atoms with Gasteiger partial charge in [0.05, 0.1) is 30.3 Å². The first-order valence-electron chi connectivity index (χ1n) is 11.1. The van der Waals surface area contributed by atoms with Gasteiger partial charge in [-0.05, 0) is 25.5 Å². The van der Waals surface area contributed by atoms with Crippen molar-refractivity contribution in [2.45, 2.75) is 32.4 Å². The van der Waals surface area contributed by atoms with Crippen molar-refractivity contribution in [3.05, 3.63) is 65.9 Å². The Morgan fingerprint density at radius 1 is 1.03 bits per heavy atom. The van der Waals surface area contributed by atoms with Gasteiger partial charge < -0.3 is 14.8 Å². The maximum atomic E-state index is 12.9. The number of esters is 2. The maximum absolute atomic E-state index is 12.9. The van der Waals surface area contributed by atoms with E-state index in [2.05, 4.69) is 10.3 Å². The zero-order valence-corrected chi connectivity index (χ0v) is 19.7. The number of carbonyl (C=O) groups excluding carboxylic acids is 4. The Morgan fingerprint density at radius 2 is 1.71 bits per heavy atom. The molecule has 3 amide bonds. The minimum Gasteiger partial charge on any atom is -0.465 e. The van der Waals surface area contributed by atoms with E-state index in [1.165, 1.54) is 7.11 Å². The molecule has 35 heavy (non-hydrogen) atoms. The summed E-state index contributed by atoms with van der Waals surface area (Å²) in [6.07, 6.45) is -0.193. The summed E-state index contributed by atoms with van der Waals surface area (Å²) in [5, 5.41) is 3.32. The number of methoxy groups -OCH3 is 1. The van der Waals surface area contributed by atoms with E-state index in [9.17, 15) is 19.2 Å². The molecule has 0 saturated carbocycles. The van der Waals surface area contributed by atoms with E-state index in [-0.39, 0.29) is 30.8 Å². The molecular formula is C26H25N3O6. The third-order valence-electron chi connectivity index (χ3n) is 5.77. The highest BCUT2D eigenvalue weighted by atomic mass is 16.5. The summed E-state index contributed by atoms with van der Waals surface area (Å²) in [4.78, 5) is 55.2. The molecule has 0 atom stereocenters. The SMILES string of the molecule is COC(=O)c1c(COC(=O)CCN2C(=O)NC(C)(C)C2=O)nc2ccccc2c1-c1ccccc1. The van der Waals surface area contributed by atoms with E-state index < -0.39 is 29.4 Å². The summed E-state index contributed by atoms with van der Waals surface area (Å²) in [7, 11) is 1.28. The van der Waals surface area contributed by atoms with Crippen LogP contribution in [-0.2, 0) is 25.7 Å². The maximum Gasteiger partial charge on any atom is 0.340 e. The second-order valence-electron chi connectivity index (χ2n) is 8.61. The Balaban J connectivity index is 1.61. The van der Waals surface area contributed by atoms with Gasteiger partial charge in [0, 0.05) is 17.5 Å². The minimum absolute atomic E-state index is 0.114. The molecular weight excluding hydrogens is 450 g/mol. The number of urea groups is 1. The normalized spacial score (nSPS) is 14.7. The second-order valence-corrected chi connectivity index (χ2v) is 8.61. The van der Waals surface area contributed by atoms with Gasteiger partial charge in [0.1, 0.15) is 12.1 Å². The third kappa shape index (κ3) is 4.70. The van der Waals surface area contributed by atoms with Crippen LogP contribution in [0.5, 0.6) is 0 Å². The van der Waals surface area contributed by atoms with Crippen molar-refractivity contribution in [3.63, 3.8) is 0 Å². The molecule has 0 aliphatic carbocycles. The molecule has 180 valence electrons. The monoisotopic (exact) mass is 475 g/mol. The van der Waals surface area contributed by atoms with Crippen LogP contribution in [0.3, 0.4) is 0 Å². The lowest BCUT2D eigenvalue weighted by Gasteiger charge is -2.17. The average Bonchev–Trinajstić information content (AvgIpc) is 3.05. The molecule has 0 radical (unpaired) electrons. The summed E-state index contributed by atoms with van der Waals surface area (Å²) in [5.41, 5.74) is 1.50. The van der Waals surface area contributed by atoms with Crippen molar-refractivity contribution in [2.24, 2.45) is 0 Å². The zero-order valence-electron chi connectivity index (χ0n) is 19.7. The molecule has 1 fully saturated rings. The number of aromatic nitrogens is 1. The first-order chi connectivity index (χ1) is 16.7. The average molecular weight is 476 g/mol. The number of rotatable bonds is 7. The fraction of sp³-hybridized carbons (Fsp3) is 0.269. The number of benzene rings is 2. The first kappa shape index (κ1) is 23.9. The second kappa shape index (κ2) is 9.54. The predicted molar refractivity (Wildman–Crippen MR) is 127 cm³/mol. The number of imide groups is 1. The summed E-state index contributed by atoms with van der Waals surface area (Å²) in [6.45, 7) is 2.79. The molecule has 9 heteroatoms. The van der Waals surface area contributed by atoms with Crippen molar-refractivity contribution in [1.29, 1.82) is 0 Å². The fourth-order valence-corrected chi connectivity index (χ4v) is 4.04. The number of nitrogens with zero attached hydrogens (tertiary/aromatic N) is 2. The Morgan fingerprint density at radius 3 is 2.37 bits per heavy atom. The highest BCUT2D eigenvalue weighted by Crippen LogP contribution is 2.34. The number of fused-ring (bicyclic) bond motifs is 1. The highest BCUT2D eigenvalue weighted by molar-refractivity contribution is 6.08. The van der Waals surface area contributed by atoms with Crippen molar-refractivity contribution in [1.82, 2.24) is 15.2 Å². The molecule has 2 heterocycles. The summed E-state index contributed by atoms with van der Waals surface area (Å²) in [6, 6.07) is 16.2. The number of hydrogen-bond donors (Lipinski definition) is 1.